The minimum atomic E-state index is -0.766. The van der Waals surface area contributed by atoms with Crippen LogP contribution in [0, 0.1) is 13.8 Å². The van der Waals surface area contributed by atoms with Crippen molar-refractivity contribution in [1.29, 1.82) is 0 Å². The molecule has 6 heteroatoms. The number of benzene rings is 2. The fourth-order valence-electron chi connectivity index (χ4n) is 2.74. The van der Waals surface area contributed by atoms with Crippen LogP contribution < -0.4 is 14.9 Å². The van der Waals surface area contributed by atoms with Crippen LogP contribution in [-0.4, -0.2) is 18.7 Å². The third kappa shape index (κ3) is 4.77. The molecule has 0 bridgehead atoms. The summed E-state index contributed by atoms with van der Waals surface area (Å²) in [4.78, 5) is 24.6. The third-order valence-corrected chi connectivity index (χ3v) is 4.37. The number of hydrogen-bond donors (Lipinski definition) is 0. The molecule has 29 heavy (non-hydrogen) atoms. The monoisotopic (exact) mass is 396 g/mol. The Hall–Kier alpha value is -3.28. The average molecular weight is 396 g/mol. The van der Waals surface area contributed by atoms with Gasteiger partial charge in [-0.2, -0.15) is 0 Å². The van der Waals surface area contributed by atoms with E-state index in [4.69, 9.17) is 18.6 Å². The zero-order chi connectivity index (χ0) is 21.0. The number of ether oxygens (including phenoxy) is 3. The van der Waals surface area contributed by atoms with Gasteiger partial charge in [-0.25, -0.2) is 4.79 Å². The Morgan fingerprint density at radius 2 is 1.90 bits per heavy atom. The predicted molar refractivity (Wildman–Crippen MR) is 110 cm³/mol. The summed E-state index contributed by atoms with van der Waals surface area (Å²) < 4.78 is 22.1. The predicted octanol–water partition coefficient (Wildman–Crippen LogP) is 4.92. The molecule has 2 aromatic carbocycles. The fourth-order valence-corrected chi connectivity index (χ4v) is 2.74. The van der Waals surface area contributed by atoms with Crippen molar-refractivity contribution < 1.29 is 23.4 Å². The minimum Gasteiger partial charge on any atom is -0.479 e. The molecule has 1 heterocycles. The number of esters is 1. The summed E-state index contributed by atoms with van der Waals surface area (Å²) in [5.41, 5.74) is 2.01. The normalized spacial score (nSPS) is 11.9. The van der Waals surface area contributed by atoms with Crippen molar-refractivity contribution in [1.82, 2.24) is 0 Å². The molecule has 152 valence electrons. The number of carbonyl (C=O) groups excluding carboxylic acids is 1. The van der Waals surface area contributed by atoms with E-state index in [0.29, 0.717) is 29.1 Å². The van der Waals surface area contributed by atoms with Gasteiger partial charge in [0.05, 0.1) is 12.0 Å². The molecule has 0 spiro atoms. The first kappa shape index (κ1) is 20.5. The summed E-state index contributed by atoms with van der Waals surface area (Å²) in [6.07, 6.45) is 1.26. The molecule has 0 N–H and O–H groups in total. The first-order chi connectivity index (χ1) is 13.9. The Morgan fingerprint density at radius 1 is 1.10 bits per heavy atom. The maximum atomic E-state index is 12.8. The van der Waals surface area contributed by atoms with Gasteiger partial charge in [0.25, 0.3) is 0 Å². The lowest BCUT2D eigenvalue weighted by Crippen LogP contribution is -2.26. The van der Waals surface area contributed by atoms with Crippen molar-refractivity contribution >= 4 is 16.9 Å². The van der Waals surface area contributed by atoms with Crippen molar-refractivity contribution in [2.75, 3.05) is 6.61 Å². The molecule has 0 saturated carbocycles. The van der Waals surface area contributed by atoms with Crippen LogP contribution in [0.25, 0.3) is 11.0 Å². The average Bonchev–Trinajstić information content (AvgIpc) is 2.70. The van der Waals surface area contributed by atoms with Gasteiger partial charge in [-0.05, 0) is 56.5 Å². The largest absolute Gasteiger partial charge is 0.479 e. The summed E-state index contributed by atoms with van der Waals surface area (Å²) in [6, 6.07) is 10.6. The van der Waals surface area contributed by atoms with E-state index < -0.39 is 12.1 Å². The van der Waals surface area contributed by atoms with Crippen molar-refractivity contribution in [3.63, 3.8) is 0 Å². The van der Waals surface area contributed by atoms with Crippen LogP contribution in [-0.2, 0) is 9.53 Å². The van der Waals surface area contributed by atoms with Gasteiger partial charge >= 0.3 is 5.97 Å². The molecule has 1 atom stereocenters. The molecular formula is C23H24O6. The molecule has 0 radical (unpaired) electrons. The summed E-state index contributed by atoms with van der Waals surface area (Å²) in [5, 5.41) is 0.362. The van der Waals surface area contributed by atoms with Crippen molar-refractivity contribution in [3.8, 4) is 17.2 Å². The smallest absolute Gasteiger partial charge is 0.347 e. The first-order valence-corrected chi connectivity index (χ1v) is 9.53. The zero-order valence-electron chi connectivity index (χ0n) is 17.0. The number of carbonyl (C=O) groups is 1. The second-order valence-electron chi connectivity index (χ2n) is 6.89. The van der Waals surface area contributed by atoms with E-state index in [9.17, 15) is 9.59 Å². The standard InChI is InChI=1S/C23H24O6/c1-5-10-26-23(25)16(4)28-17-8-9-18-20(12-17)27-13-21(22(18)24)29-19-11-14(2)6-7-15(19)3/h6-9,11-13,16H,5,10H2,1-4H3/t16-/m1/s1. The highest BCUT2D eigenvalue weighted by molar-refractivity contribution is 5.79. The maximum Gasteiger partial charge on any atom is 0.347 e. The van der Waals surface area contributed by atoms with Crippen LogP contribution in [0.1, 0.15) is 31.4 Å². The van der Waals surface area contributed by atoms with Gasteiger partial charge in [0.15, 0.2) is 6.10 Å². The van der Waals surface area contributed by atoms with E-state index >= 15 is 0 Å². The van der Waals surface area contributed by atoms with Gasteiger partial charge in [-0.15, -0.1) is 0 Å². The number of rotatable bonds is 7. The molecule has 1 aromatic heterocycles. The van der Waals surface area contributed by atoms with Crippen LogP contribution >= 0.6 is 0 Å². The molecule has 0 aliphatic carbocycles. The SMILES string of the molecule is CCCOC(=O)[C@@H](C)Oc1ccc2c(=O)c(Oc3cc(C)ccc3C)coc2c1. The molecule has 0 saturated heterocycles. The topological polar surface area (TPSA) is 75.0 Å². The van der Waals surface area contributed by atoms with Gasteiger partial charge in [-0.3, -0.25) is 4.79 Å². The van der Waals surface area contributed by atoms with Crippen molar-refractivity contribution in [2.45, 2.75) is 40.2 Å². The molecule has 3 aromatic rings. The summed E-state index contributed by atoms with van der Waals surface area (Å²) in [5.74, 6) is 0.683. The fraction of sp³-hybridized carbons (Fsp3) is 0.304. The summed E-state index contributed by atoms with van der Waals surface area (Å²) >= 11 is 0. The van der Waals surface area contributed by atoms with Crippen LogP contribution in [0.5, 0.6) is 17.2 Å². The molecular weight excluding hydrogens is 372 g/mol. The zero-order valence-corrected chi connectivity index (χ0v) is 17.0. The van der Waals surface area contributed by atoms with Gasteiger partial charge in [-0.1, -0.05) is 19.1 Å². The van der Waals surface area contributed by atoms with Crippen molar-refractivity contribution in [3.05, 3.63) is 64.0 Å². The Kier molecular flexibility index (Phi) is 6.22. The van der Waals surface area contributed by atoms with Crippen LogP contribution in [0.4, 0.5) is 0 Å². The van der Waals surface area contributed by atoms with E-state index in [-0.39, 0.29) is 11.2 Å². The molecule has 3 rings (SSSR count). The summed E-state index contributed by atoms with van der Waals surface area (Å²) in [7, 11) is 0. The van der Waals surface area contributed by atoms with E-state index in [2.05, 4.69) is 0 Å². The molecule has 0 amide bonds. The lowest BCUT2D eigenvalue weighted by atomic mass is 10.1. The Labute approximate surface area is 169 Å². The highest BCUT2D eigenvalue weighted by Gasteiger charge is 2.17. The van der Waals surface area contributed by atoms with Gasteiger partial charge < -0.3 is 18.6 Å². The Morgan fingerprint density at radius 3 is 2.66 bits per heavy atom. The quantitative estimate of drug-likeness (QED) is 0.528. The van der Waals surface area contributed by atoms with Crippen LogP contribution in [0.2, 0.25) is 0 Å². The highest BCUT2D eigenvalue weighted by Crippen LogP contribution is 2.27. The van der Waals surface area contributed by atoms with Gasteiger partial charge in [0, 0.05) is 6.07 Å². The highest BCUT2D eigenvalue weighted by atomic mass is 16.6. The molecule has 0 fully saturated rings. The number of hydrogen-bond acceptors (Lipinski definition) is 6. The Balaban J connectivity index is 1.83. The lowest BCUT2D eigenvalue weighted by molar-refractivity contribution is -0.151. The number of aryl methyl sites for hydroxylation is 2. The van der Waals surface area contributed by atoms with Crippen molar-refractivity contribution in [2.24, 2.45) is 0 Å². The molecule has 0 aliphatic heterocycles. The van der Waals surface area contributed by atoms with E-state index in [1.807, 2.05) is 39.0 Å². The van der Waals surface area contributed by atoms with E-state index in [1.54, 1.807) is 25.1 Å². The molecule has 0 aliphatic rings. The number of fused-ring (bicyclic) bond motifs is 1. The first-order valence-electron chi connectivity index (χ1n) is 9.53. The lowest BCUT2D eigenvalue weighted by Gasteiger charge is -2.14. The second-order valence-corrected chi connectivity index (χ2v) is 6.89. The Bertz CT molecular complexity index is 1080. The van der Waals surface area contributed by atoms with Crippen LogP contribution in [0.3, 0.4) is 0 Å². The van der Waals surface area contributed by atoms with Crippen LogP contribution in [0.15, 0.2) is 51.9 Å². The molecule has 0 unspecified atom stereocenters. The second kappa shape index (κ2) is 8.82. The van der Waals surface area contributed by atoms with Gasteiger partial charge in [0.1, 0.15) is 23.3 Å². The third-order valence-electron chi connectivity index (χ3n) is 4.37. The van der Waals surface area contributed by atoms with Gasteiger partial charge in [0.2, 0.25) is 11.2 Å². The minimum absolute atomic E-state index is 0.108. The van der Waals surface area contributed by atoms with E-state index in [1.165, 1.54) is 6.26 Å². The summed E-state index contributed by atoms with van der Waals surface area (Å²) in [6.45, 7) is 7.74. The maximum absolute atomic E-state index is 12.8. The van der Waals surface area contributed by atoms with E-state index in [0.717, 1.165) is 17.5 Å². The molecule has 6 nitrogen and oxygen atoms in total.